The fourth-order valence-corrected chi connectivity index (χ4v) is 2.99. The van der Waals surface area contributed by atoms with Gasteiger partial charge in [-0.25, -0.2) is 12.8 Å². The number of halogens is 1. The van der Waals surface area contributed by atoms with Gasteiger partial charge in [-0.05, 0) is 36.4 Å². The van der Waals surface area contributed by atoms with Gasteiger partial charge in [0.1, 0.15) is 5.82 Å². The molecule has 2 aromatic carbocycles. The van der Waals surface area contributed by atoms with Gasteiger partial charge in [-0.1, -0.05) is 6.07 Å². The summed E-state index contributed by atoms with van der Waals surface area (Å²) < 4.78 is 39.8. The van der Waals surface area contributed by atoms with Crippen LogP contribution in [0.15, 0.2) is 47.4 Å². The fraction of sp³-hybridized carbons (Fsp3) is 0. The summed E-state index contributed by atoms with van der Waals surface area (Å²) >= 11 is 0. The zero-order chi connectivity index (χ0) is 15.0. The summed E-state index contributed by atoms with van der Waals surface area (Å²) in [5, 5.41) is 15.9. The predicted molar refractivity (Wildman–Crippen MR) is 75.0 cm³/mol. The number of fused-ring (bicyclic) bond motifs is 1. The number of aromatic nitrogens is 2. The van der Waals surface area contributed by atoms with Crippen LogP contribution in [-0.4, -0.2) is 23.7 Å². The van der Waals surface area contributed by atoms with Gasteiger partial charge in [-0.2, -0.15) is 0 Å². The molecule has 0 bridgehead atoms. The van der Waals surface area contributed by atoms with Gasteiger partial charge in [0.25, 0.3) is 10.0 Å². The molecule has 0 radical (unpaired) electrons. The van der Waals surface area contributed by atoms with Crippen molar-refractivity contribution in [1.82, 2.24) is 10.2 Å². The van der Waals surface area contributed by atoms with Gasteiger partial charge < -0.3 is 5.11 Å². The Morgan fingerprint density at radius 3 is 2.76 bits per heavy atom. The Bertz CT molecular complexity index is 921. The number of H-pyrrole nitrogens is 1. The van der Waals surface area contributed by atoms with Crippen LogP contribution in [0.4, 0.5) is 10.1 Å². The van der Waals surface area contributed by atoms with Crippen LogP contribution in [-0.2, 0) is 10.0 Å². The van der Waals surface area contributed by atoms with E-state index in [4.69, 9.17) is 0 Å². The maximum Gasteiger partial charge on any atom is 0.261 e. The van der Waals surface area contributed by atoms with Gasteiger partial charge in [-0.15, -0.1) is 5.10 Å². The van der Waals surface area contributed by atoms with E-state index in [1.807, 2.05) is 0 Å². The molecule has 21 heavy (non-hydrogen) atoms. The molecule has 108 valence electrons. The number of nitrogens with zero attached hydrogens (tertiary/aromatic N) is 1. The molecule has 1 heterocycles. The number of nitrogens with one attached hydrogen (secondary N) is 2. The molecule has 0 unspecified atom stereocenters. The average molecular weight is 307 g/mol. The van der Waals surface area contributed by atoms with Crippen molar-refractivity contribution in [2.75, 3.05) is 4.72 Å². The number of anilines is 1. The van der Waals surface area contributed by atoms with Crippen LogP contribution in [0.2, 0.25) is 0 Å². The topological polar surface area (TPSA) is 95.1 Å². The molecule has 0 aliphatic rings. The van der Waals surface area contributed by atoms with E-state index in [0.717, 1.165) is 6.07 Å². The molecule has 0 spiro atoms. The van der Waals surface area contributed by atoms with Crippen molar-refractivity contribution in [2.45, 2.75) is 4.90 Å². The van der Waals surface area contributed by atoms with Gasteiger partial charge in [0.15, 0.2) is 0 Å². The second-order valence-corrected chi connectivity index (χ2v) is 6.05. The molecule has 3 aromatic rings. The zero-order valence-electron chi connectivity index (χ0n) is 10.5. The number of hydrogen-bond acceptors (Lipinski definition) is 4. The van der Waals surface area contributed by atoms with E-state index < -0.39 is 15.8 Å². The Kier molecular flexibility index (Phi) is 3.02. The number of rotatable bonds is 3. The van der Waals surface area contributed by atoms with Crippen LogP contribution in [0.3, 0.4) is 0 Å². The first-order valence-electron chi connectivity index (χ1n) is 5.91. The van der Waals surface area contributed by atoms with Crippen LogP contribution in [0.1, 0.15) is 0 Å². The molecule has 0 atom stereocenters. The monoisotopic (exact) mass is 307 g/mol. The lowest BCUT2D eigenvalue weighted by atomic mass is 10.2. The highest BCUT2D eigenvalue weighted by Crippen LogP contribution is 2.25. The zero-order valence-corrected chi connectivity index (χ0v) is 11.4. The van der Waals surface area contributed by atoms with Crippen molar-refractivity contribution < 1.29 is 17.9 Å². The maximum atomic E-state index is 13.1. The first-order chi connectivity index (χ1) is 9.95. The van der Waals surface area contributed by atoms with Crippen molar-refractivity contribution in [3.05, 3.63) is 48.3 Å². The third-order valence-electron chi connectivity index (χ3n) is 2.90. The minimum Gasteiger partial charge on any atom is -0.492 e. The Hall–Kier alpha value is -2.61. The Morgan fingerprint density at radius 2 is 2.00 bits per heavy atom. The molecule has 8 heteroatoms. The third-order valence-corrected chi connectivity index (χ3v) is 4.28. The van der Waals surface area contributed by atoms with Gasteiger partial charge in [0.05, 0.1) is 21.5 Å². The summed E-state index contributed by atoms with van der Waals surface area (Å²) in [5.74, 6) is -0.828. The van der Waals surface area contributed by atoms with Gasteiger partial charge in [0.2, 0.25) is 5.88 Å². The molecule has 0 aliphatic carbocycles. The van der Waals surface area contributed by atoms with Gasteiger partial charge >= 0.3 is 0 Å². The van der Waals surface area contributed by atoms with Crippen LogP contribution < -0.4 is 4.72 Å². The Morgan fingerprint density at radius 1 is 1.19 bits per heavy atom. The normalized spacial score (nSPS) is 11.7. The first-order valence-corrected chi connectivity index (χ1v) is 7.39. The van der Waals surface area contributed by atoms with Crippen molar-refractivity contribution >= 4 is 26.6 Å². The average Bonchev–Trinajstić information content (AvgIpc) is 2.79. The lowest BCUT2D eigenvalue weighted by Crippen LogP contribution is -2.12. The van der Waals surface area contributed by atoms with Crippen LogP contribution in [0.25, 0.3) is 10.9 Å². The minimum atomic E-state index is -3.89. The van der Waals surface area contributed by atoms with Crippen LogP contribution in [0, 0.1) is 5.82 Å². The van der Waals surface area contributed by atoms with E-state index in [-0.39, 0.29) is 21.8 Å². The van der Waals surface area contributed by atoms with Crippen LogP contribution >= 0.6 is 0 Å². The third kappa shape index (κ3) is 2.52. The number of aromatic amines is 1. The summed E-state index contributed by atoms with van der Waals surface area (Å²) in [6.07, 6.45) is 0. The molecular weight excluding hydrogens is 297 g/mol. The SMILES string of the molecule is O=S(=O)(Nc1cccc(F)c1)c1ccc2[nH]nc(O)c2c1. The molecule has 0 saturated carbocycles. The van der Waals surface area contributed by atoms with Crippen molar-refractivity contribution in [3.8, 4) is 5.88 Å². The standard InChI is InChI=1S/C13H10FN3O3S/c14-8-2-1-3-9(6-8)17-21(19,20)10-4-5-12-11(7-10)13(18)16-15-12/h1-7,17H,(H2,15,16,18). The number of sulfonamides is 1. The summed E-state index contributed by atoms with van der Waals surface area (Å²) in [4.78, 5) is -0.0593. The summed E-state index contributed by atoms with van der Waals surface area (Å²) in [5.41, 5.74) is 0.628. The largest absolute Gasteiger partial charge is 0.492 e. The highest BCUT2D eigenvalue weighted by Gasteiger charge is 2.16. The lowest BCUT2D eigenvalue weighted by Gasteiger charge is -2.08. The summed E-state index contributed by atoms with van der Waals surface area (Å²) in [6, 6.07) is 9.27. The summed E-state index contributed by atoms with van der Waals surface area (Å²) in [7, 11) is -3.89. The molecule has 3 rings (SSSR count). The molecular formula is C13H10FN3O3S. The summed E-state index contributed by atoms with van der Waals surface area (Å²) in [6.45, 7) is 0. The van der Waals surface area contributed by atoms with E-state index in [2.05, 4.69) is 14.9 Å². The van der Waals surface area contributed by atoms with E-state index in [1.54, 1.807) is 0 Å². The highest BCUT2D eigenvalue weighted by molar-refractivity contribution is 7.92. The minimum absolute atomic E-state index is 0.0593. The van der Waals surface area contributed by atoms with E-state index >= 15 is 0 Å². The second kappa shape index (κ2) is 4.74. The Balaban J connectivity index is 2.01. The van der Waals surface area contributed by atoms with E-state index in [0.29, 0.717) is 5.52 Å². The molecule has 0 fully saturated rings. The van der Waals surface area contributed by atoms with Gasteiger partial charge in [0, 0.05) is 0 Å². The van der Waals surface area contributed by atoms with Crippen molar-refractivity contribution in [2.24, 2.45) is 0 Å². The molecule has 0 aliphatic heterocycles. The number of hydrogen-bond donors (Lipinski definition) is 3. The highest BCUT2D eigenvalue weighted by atomic mass is 32.2. The maximum absolute atomic E-state index is 13.1. The first kappa shape index (κ1) is 13.4. The van der Waals surface area contributed by atoms with E-state index in [9.17, 15) is 17.9 Å². The number of aromatic hydroxyl groups is 1. The van der Waals surface area contributed by atoms with Crippen molar-refractivity contribution in [1.29, 1.82) is 0 Å². The Labute approximate surface area is 119 Å². The molecule has 6 nitrogen and oxygen atoms in total. The molecule has 3 N–H and O–H groups in total. The van der Waals surface area contributed by atoms with Crippen LogP contribution in [0.5, 0.6) is 5.88 Å². The molecule has 0 amide bonds. The van der Waals surface area contributed by atoms with Gasteiger partial charge in [-0.3, -0.25) is 9.82 Å². The quantitative estimate of drug-likeness (QED) is 0.691. The lowest BCUT2D eigenvalue weighted by molar-refractivity contribution is 0.457. The number of benzene rings is 2. The molecule has 0 saturated heterocycles. The fourth-order valence-electron chi connectivity index (χ4n) is 1.91. The molecule has 1 aromatic heterocycles. The second-order valence-electron chi connectivity index (χ2n) is 4.37. The predicted octanol–water partition coefficient (Wildman–Crippen LogP) is 2.21. The van der Waals surface area contributed by atoms with E-state index in [1.165, 1.54) is 36.4 Å². The van der Waals surface area contributed by atoms with Crippen molar-refractivity contribution in [3.63, 3.8) is 0 Å². The smallest absolute Gasteiger partial charge is 0.261 e.